The third-order valence-corrected chi connectivity index (χ3v) is 4.96. The summed E-state index contributed by atoms with van der Waals surface area (Å²) in [6.07, 6.45) is -14.4. The summed E-state index contributed by atoms with van der Waals surface area (Å²) in [6.45, 7) is -0.623. The normalized spacial score (nSPS) is 51.4. The van der Waals surface area contributed by atoms with Crippen LogP contribution in [0, 0.1) is 0 Å². The molecule has 11 N–H and O–H groups in total. The highest BCUT2D eigenvalue weighted by molar-refractivity contribution is 5.71. The minimum absolute atomic E-state index is 0.862. The largest absolute Gasteiger partial charge is 0.479 e. The third-order valence-electron chi connectivity index (χ3n) is 4.96. The van der Waals surface area contributed by atoms with E-state index in [2.05, 4.69) is 0 Å². The molecule has 0 spiro atoms. The van der Waals surface area contributed by atoms with Gasteiger partial charge in [0.2, 0.25) is 5.79 Å². The van der Waals surface area contributed by atoms with Crippen LogP contribution in [0.4, 0.5) is 0 Å². The van der Waals surface area contributed by atoms with Crippen LogP contribution in [0.15, 0.2) is 0 Å². The summed E-state index contributed by atoms with van der Waals surface area (Å²) in [7, 11) is 0. The molecule has 0 bridgehead atoms. The first-order valence-electron chi connectivity index (χ1n) is 9.09. The van der Waals surface area contributed by atoms with E-state index in [9.17, 15) is 35.4 Å². The molecule has 13 nitrogen and oxygen atoms in total. The van der Waals surface area contributed by atoms with Gasteiger partial charge < -0.3 is 61.4 Å². The maximum absolute atomic E-state index is 11.2. The Bertz CT molecular complexity index is 601. The maximum Gasteiger partial charge on any atom is 0.332 e. The fraction of sp³-hybridized carbons (Fsp3) is 0.933. The molecule has 0 radical (unpaired) electrons. The molecule has 13 heteroatoms. The number of ether oxygens (including phenoxy) is 3. The van der Waals surface area contributed by atoms with E-state index in [1.807, 2.05) is 0 Å². The minimum atomic E-state index is -2.96. The fourth-order valence-electron chi connectivity index (χ4n) is 3.22. The van der Waals surface area contributed by atoms with Gasteiger partial charge in [0.15, 0.2) is 6.10 Å². The Kier molecular flexibility index (Phi) is 6.84. The first kappa shape index (κ1) is 21.7. The van der Waals surface area contributed by atoms with E-state index >= 15 is 0 Å². The van der Waals surface area contributed by atoms with Crippen molar-refractivity contribution >= 4 is 5.97 Å². The Morgan fingerprint density at radius 2 is 1.75 bits per heavy atom. The number of rotatable bonds is 6. The molecule has 0 aromatic carbocycles. The van der Waals surface area contributed by atoms with Gasteiger partial charge in [0.1, 0.15) is 42.7 Å². The number of aliphatic carboxylic acids is 1. The van der Waals surface area contributed by atoms with E-state index in [4.69, 9.17) is 32.2 Å². The summed E-state index contributed by atoms with van der Waals surface area (Å²) in [5, 5.41) is 69.6. The van der Waals surface area contributed by atoms with E-state index in [0.717, 1.165) is 6.92 Å². The van der Waals surface area contributed by atoms with Gasteiger partial charge in [-0.15, -0.1) is 0 Å². The smallest absolute Gasteiger partial charge is 0.332 e. The molecule has 2 fully saturated rings. The lowest BCUT2D eigenvalue weighted by atomic mass is 9.81. The average Bonchev–Trinajstić information content (AvgIpc) is 2.68. The van der Waals surface area contributed by atoms with E-state index in [0.29, 0.717) is 0 Å². The van der Waals surface area contributed by atoms with Crippen LogP contribution >= 0.6 is 0 Å². The number of carboxylic acids is 1. The van der Waals surface area contributed by atoms with Gasteiger partial charge in [-0.25, -0.2) is 4.79 Å². The van der Waals surface area contributed by atoms with Gasteiger partial charge in [-0.05, 0) is 6.92 Å². The molecule has 28 heavy (non-hydrogen) atoms. The Labute approximate surface area is 161 Å². The molecular weight excluding hydrogens is 384 g/mol. The summed E-state index contributed by atoms with van der Waals surface area (Å²) in [6, 6.07) is -3.68. The second-order valence-corrected chi connectivity index (χ2v) is 6.84. The molecule has 2 aliphatic heterocycles. The zero-order chi connectivity index (χ0) is 22.3. The zero-order valence-corrected chi connectivity index (χ0v) is 15.0. The SMILES string of the molecule is [2H]C1(C2(O)O[C@H](CO)[C@@H](O)[C@H](O[C@H](C)C(=O)O)[C@H]2N)O[C@H](CO)[C@@H](O)[C@H](O)[C@H]1N. The first-order chi connectivity index (χ1) is 13.4. The average molecular weight is 413 g/mol. The topological polar surface area (TPSA) is 238 Å². The Hall–Kier alpha value is -0.970. The summed E-state index contributed by atoms with van der Waals surface area (Å²) in [4.78, 5) is 11.1. The number of aliphatic hydroxyl groups excluding tert-OH is 5. The zero-order valence-electron chi connectivity index (χ0n) is 16.0. The van der Waals surface area contributed by atoms with Crippen molar-refractivity contribution in [1.29, 1.82) is 0 Å². The molecular formula is C15H28N2O11. The van der Waals surface area contributed by atoms with Crippen LogP contribution in [0.1, 0.15) is 8.29 Å². The minimum Gasteiger partial charge on any atom is -0.479 e. The maximum atomic E-state index is 11.2. The van der Waals surface area contributed by atoms with Crippen LogP contribution in [0.25, 0.3) is 0 Å². The molecule has 2 aliphatic rings. The Morgan fingerprint density at radius 3 is 2.25 bits per heavy atom. The lowest BCUT2D eigenvalue weighted by Crippen LogP contribution is -2.78. The summed E-state index contributed by atoms with van der Waals surface area (Å²) in [5.41, 5.74) is 11.8. The van der Waals surface area contributed by atoms with E-state index < -0.39 is 85.9 Å². The van der Waals surface area contributed by atoms with Gasteiger partial charge >= 0.3 is 5.97 Å². The van der Waals surface area contributed by atoms with Crippen molar-refractivity contribution in [1.82, 2.24) is 0 Å². The molecule has 2 saturated heterocycles. The number of hydrogen-bond donors (Lipinski definition) is 9. The van der Waals surface area contributed by atoms with Crippen LogP contribution in [0.3, 0.4) is 0 Å². The Balaban J connectivity index is 2.48. The Morgan fingerprint density at radius 1 is 1.18 bits per heavy atom. The van der Waals surface area contributed by atoms with Crippen LogP contribution in [-0.2, 0) is 19.0 Å². The first-order valence-corrected chi connectivity index (χ1v) is 8.59. The van der Waals surface area contributed by atoms with Gasteiger partial charge in [-0.1, -0.05) is 0 Å². The summed E-state index contributed by atoms with van der Waals surface area (Å²) < 4.78 is 24.3. The highest BCUT2D eigenvalue weighted by Gasteiger charge is 2.61. The second kappa shape index (κ2) is 8.81. The quantitative estimate of drug-likeness (QED) is 0.198. The standard InChI is InChI=1S/C15H28N2O11/c1-4(14(23)24)26-11-9(21)6(3-19)28-15(25,12(11)17)13-7(16)10(22)8(20)5(2-18)27-13/h4-13,18-22,25H,2-3,16-17H2,1H3,(H,23,24)/t4-,5-,6-,7-,8-,9-,10-,11+,12-,13?,15?/m1/s1/i13D. The number of nitrogens with two attached hydrogens (primary N) is 2. The van der Waals surface area contributed by atoms with Gasteiger partial charge in [0.25, 0.3) is 0 Å². The lowest BCUT2D eigenvalue weighted by Gasteiger charge is -2.54. The highest BCUT2D eigenvalue weighted by atomic mass is 16.7. The predicted molar refractivity (Wildman–Crippen MR) is 88.6 cm³/mol. The molecule has 2 heterocycles. The van der Waals surface area contributed by atoms with Crippen LogP contribution in [-0.4, -0.2) is 122 Å². The van der Waals surface area contributed by atoms with Gasteiger partial charge in [0.05, 0.1) is 26.7 Å². The van der Waals surface area contributed by atoms with Crippen molar-refractivity contribution in [3.05, 3.63) is 0 Å². The number of aliphatic hydroxyl groups is 6. The summed E-state index contributed by atoms with van der Waals surface area (Å²) >= 11 is 0. The van der Waals surface area contributed by atoms with Crippen LogP contribution in [0.2, 0.25) is 0 Å². The van der Waals surface area contributed by atoms with E-state index in [1.165, 1.54) is 0 Å². The number of carbonyl (C=O) groups is 1. The van der Waals surface area contributed by atoms with E-state index in [-0.39, 0.29) is 0 Å². The molecule has 11 atom stereocenters. The molecule has 164 valence electrons. The third kappa shape index (κ3) is 4.01. The molecule has 2 unspecified atom stereocenters. The van der Waals surface area contributed by atoms with Crippen molar-refractivity contribution in [2.24, 2.45) is 11.5 Å². The van der Waals surface area contributed by atoms with E-state index in [1.54, 1.807) is 0 Å². The predicted octanol–water partition coefficient (Wildman–Crippen LogP) is -5.58. The van der Waals surface area contributed by atoms with Gasteiger partial charge in [-0.3, -0.25) is 0 Å². The van der Waals surface area contributed by atoms with Crippen molar-refractivity contribution in [3.8, 4) is 0 Å². The van der Waals surface area contributed by atoms with Gasteiger partial charge in [-0.2, -0.15) is 0 Å². The summed E-state index contributed by atoms with van der Waals surface area (Å²) in [5.74, 6) is -4.37. The molecule has 0 aromatic rings. The molecule has 0 amide bonds. The van der Waals surface area contributed by atoms with Crippen molar-refractivity contribution in [2.45, 2.75) is 73.6 Å². The van der Waals surface area contributed by atoms with Crippen LogP contribution in [0.5, 0.6) is 0 Å². The molecule has 0 aromatic heterocycles. The highest BCUT2D eigenvalue weighted by Crippen LogP contribution is 2.37. The molecule has 0 saturated carbocycles. The van der Waals surface area contributed by atoms with Crippen molar-refractivity contribution in [2.75, 3.05) is 13.2 Å². The molecule has 0 aliphatic carbocycles. The van der Waals surface area contributed by atoms with Crippen molar-refractivity contribution in [3.63, 3.8) is 0 Å². The second-order valence-electron chi connectivity index (χ2n) is 6.84. The number of carboxylic acid groups (broad SMARTS) is 1. The van der Waals surface area contributed by atoms with Crippen molar-refractivity contribution < 1.29 is 56.1 Å². The number of hydrogen-bond acceptors (Lipinski definition) is 12. The van der Waals surface area contributed by atoms with Gasteiger partial charge in [0, 0.05) is 0 Å². The fourth-order valence-corrected chi connectivity index (χ4v) is 3.22. The monoisotopic (exact) mass is 413 g/mol. The lowest BCUT2D eigenvalue weighted by molar-refractivity contribution is -0.374. The molecule has 2 rings (SSSR count). The van der Waals surface area contributed by atoms with Crippen LogP contribution < -0.4 is 11.5 Å².